The number of anilines is 2. The summed E-state index contributed by atoms with van der Waals surface area (Å²) in [6.07, 6.45) is 1.80. The first-order valence-corrected chi connectivity index (χ1v) is 9.17. The topological polar surface area (TPSA) is 46.6 Å². The molecule has 0 saturated heterocycles. The number of hydrogen-bond donors (Lipinski definition) is 0. The predicted octanol–water partition coefficient (Wildman–Crippen LogP) is 4.59. The molecule has 1 spiro atoms. The molecule has 2 aliphatic rings. The average Bonchev–Trinajstić information content (AvgIpc) is 2.97. The minimum Gasteiger partial charge on any atom is -0.440 e. The van der Waals surface area contributed by atoms with Crippen LogP contribution in [0.15, 0.2) is 91.0 Å². The van der Waals surface area contributed by atoms with Gasteiger partial charge in [-0.2, -0.15) is 0 Å². The number of rotatable bonds is 2. The summed E-state index contributed by atoms with van der Waals surface area (Å²) in [4.78, 5) is 27.9. The fraction of sp³-hybridized carbons (Fsp3) is 0.0833. The van der Waals surface area contributed by atoms with E-state index in [0.29, 0.717) is 6.42 Å². The van der Waals surface area contributed by atoms with Gasteiger partial charge in [0.05, 0.1) is 5.69 Å². The first-order chi connectivity index (χ1) is 13.7. The number of para-hydroxylation sites is 2. The Labute approximate surface area is 162 Å². The van der Waals surface area contributed by atoms with E-state index < -0.39 is 11.6 Å². The number of carbonyl (C=O) groups is 2. The maximum Gasteiger partial charge on any atom is 0.332 e. The third kappa shape index (κ3) is 2.38. The van der Waals surface area contributed by atoms with Crippen LogP contribution in [0.1, 0.15) is 17.5 Å². The minimum atomic E-state index is -1.34. The second kappa shape index (κ2) is 6.20. The highest BCUT2D eigenvalue weighted by atomic mass is 16.6. The van der Waals surface area contributed by atoms with Gasteiger partial charge in [-0.15, -0.1) is 0 Å². The Balaban J connectivity index is 1.67. The SMILES string of the molecule is O=C1C=C(c2ccccc2)C[C@]2(O1)C(=O)N(c1ccccc1)c1ccccc12. The predicted molar refractivity (Wildman–Crippen MR) is 107 cm³/mol. The van der Waals surface area contributed by atoms with Gasteiger partial charge < -0.3 is 4.74 Å². The van der Waals surface area contributed by atoms with Crippen LogP contribution in [-0.2, 0) is 19.9 Å². The Morgan fingerprint density at radius 1 is 0.786 bits per heavy atom. The highest BCUT2D eigenvalue weighted by molar-refractivity contribution is 6.15. The quantitative estimate of drug-likeness (QED) is 0.623. The average molecular weight is 367 g/mol. The van der Waals surface area contributed by atoms with Crippen molar-refractivity contribution in [3.8, 4) is 0 Å². The number of carbonyl (C=O) groups excluding carboxylic acids is 2. The Kier molecular flexibility index (Phi) is 3.66. The van der Waals surface area contributed by atoms with Crippen LogP contribution < -0.4 is 4.90 Å². The fourth-order valence-electron chi connectivity index (χ4n) is 4.05. The second-order valence-electron chi connectivity index (χ2n) is 6.95. The molecule has 0 radical (unpaired) electrons. The highest BCUT2D eigenvalue weighted by Gasteiger charge is 2.56. The second-order valence-corrected chi connectivity index (χ2v) is 6.95. The molecule has 136 valence electrons. The lowest BCUT2D eigenvalue weighted by Crippen LogP contribution is -2.44. The first-order valence-electron chi connectivity index (χ1n) is 9.17. The van der Waals surface area contributed by atoms with E-state index in [0.717, 1.165) is 28.1 Å². The van der Waals surface area contributed by atoms with Gasteiger partial charge in [0.1, 0.15) is 0 Å². The van der Waals surface area contributed by atoms with Gasteiger partial charge in [0.2, 0.25) is 5.60 Å². The van der Waals surface area contributed by atoms with Crippen molar-refractivity contribution < 1.29 is 14.3 Å². The number of nitrogens with zero attached hydrogens (tertiary/aromatic N) is 1. The van der Waals surface area contributed by atoms with Gasteiger partial charge in [0, 0.05) is 23.7 Å². The molecular weight excluding hydrogens is 350 g/mol. The van der Waals surface area contributed by atoms with E-state index in [-0.39, 0.29) is 5.91 Å². The van der Waals surface area contributed by atoms with Crippen molar-refractivity contribution in [1.29, 1.82) is 0 Å². The van der Waals surface area contributed by atoms with Crippen LogP contribution >= 0.6 is 0 Å². The Morgan fingerprint density at radius 3 is 2.18 bits per heavy atom. The molecule has 28 heavy (non-hydrogen) atoms. The lowest BCUT2D eigenvalue weighted by molar-refractivity contribution is -0.163. The van der Waals surface area contributed by atoms with Crippen molar-refractivity contribution in [1.82, 2.24) is 0 Å². The summed E-state index contributed by atoms with van der Waals surface area (Å²) in [5, 5.41) is 0. The van der Waals surface area contributed by atoms with E-state index in [1.165, 1.54) is 6.08 Å². The molecule has 1 atom stereocenters. The monoisotopic (exact) mass is 367 g/mol. The van der Waals surface area contributed by atoms with E-state index in [1.54, 1.807) is 4.90 Å². The van der Waals surface area contributed by atoms with Gasteiger partial charge >= 0.3 is 5.97 Å². The zero-order valence-corrected chi connectivity index (χ0v) is 15.0. The summed E-state index contributed by atoms with van der Waals surface area (Å²) in [5.74, 6) is -0.738. The summed E-state index contributed by atoms with van der Waals surface area (Å²) >= 11 is 0. The van der Waals surface area contributed by atoms with Gasteiger partial charge in [0.25, 0.3) is 5.91 Å². The molecule has 0 aliphatic carbocycles. The summed E-state index contributed by atoms with van der Waals surface area (Å²) < 4.78 is 5.77. The third-order valence-corrected chi connectivity index (χ3v) is 5.29. The van der Waals surface area contributed by atoms with Crippen LogP contribution in [0.5, 0.6) is 0 Å². The molecule has 0 bridgehead atoms. The van der Waals surface area contributed by atoms with E-state index >= 15 is 0 Å². The molecular formula is C24H17NO3. The largest absolute Gasteiger partial charge is 0.440 e. The molecule has 5 rings (SSSR count). The molecule has 0 saturated carbocycles. The lowest BCUT2D eigenvalue weighted by Gasteiger charge is -2.32. The standard InChI is InChI=1S/C24H17NO3/c26-22-15-18(17-9-3-1-4-10-17)16-24(28-22)20-13-7-8-14-21(20)25(23(24)27)19-11-5-2-6-12-19/h1-15H,16H2/t24-/m1/s1. The number of benzene rings is 3. The van der Waals surface area contributed by atoms with E-state index in [1.807, 2.05) is 84.9 Å². The van der Waals surface area contributed by atoms with E-state index in [4.69, 9.17) is 4.74 Å². The first kappa shape index (κ1) is 16.5. The maximum absolute atomic E-state index is 13.7. The van der Waals surface area contributed by atoms with E-state index in [9.17, 15) is 9.59 Å². The van der Waals surface area contributed by atoms with Crippen LogP contribution in [0.4, 0.5) is 11.4 Å². The highest BCUT2D eigenvalue weighted by Crippen LogP contribution is 2.51. The van der Waals surface area contributed by atoms with Crippen molar-refractivity contribution >= 4 is 28.8 Å². The Hall–Kier alpha value is -3.66. The molecule has 1 amide bonds. The number of ether oxygens (including phenoxy) is 1. The molecule has 0 fully saturated rings. The fourth-order valence-corrected chi connectivity index (χ4v) is 4.05. The normalized spacial score (nSPS) is 20.7. The van der Waals surface area contributed by atoms with Crippen molar-refractivity contribution in [3.05, 3.63) is 102 Å². The summed E-state index contributed by atoms with van der Waals surface area (Å²) in [6.45, 7) is 0. The van der Waals surface area contributed by atoms with Gasteiger partial charge in [-0.3, -0.25) is 9.69 Å². The van der Waals surface area contributed by atoms with Crippen LogP contribution in [0.25, 0.3) is 5.57 Å². The van der Waals surface area contributed by atoms with Crippen LogP contribution in [0.2, 0.25) is 0 Å². The molecule has 0 unspecified atom stereocenters. The summed E-state index contributed by atoms with van der Waals surface area (Å²) in [6, 6.07) is 26.6. The molecule has 0 N–H and O–H groups in total. The van der Waals surface area contributed by atoms with Gasteiger partial charge in [-0.05, 0) is 29.3 Å². The smallest absolute Gasteiger partial charge is 0.332 e. The zero-order valence-electron chi connectivity index (χ0n) is 15.0. The van der Waals surface area contributed by atoms with Gasteiger partial charge in [0.15, 0.2) is 0 Å². The summed E-state index contributed by atoms with van der Waals surface area (Å²) in [7, 11) is 0. The lowest BCUT2D eigenvalue weighted by atomic mass is 9.84. The molecule has 0 aromatic heterocycles. The maximum atomic E-state index is 13.7. The van der Waals surface area contributed by atoms with Gasteiger partial charge in [-0.1, -0.05) is 66.7 Å². The minimum absolute atomic E-state index is 0.241. The molecule has 2 aliphatic heterocycles. The van der Waals surface area contributed by atoms with Crippen molar-refractivity contribution in [2.24, 2.45) is 0 Å². The summed E-state index contributed by atoms with van der Waals surface area (Å²) in [5.41, 5.74) is 2.60. The number of esters is 1. The van der Waals surface area contributed by atoms with Crippen molar-refractivity contribution in [2.45, 2.75) is 12.0 Å². The van der Waals surface area contributed by atoms with Crippen LogP contribution in [0.3, 0.4) is 0 Å². The number of amides is 1. The molecule has 3 aromatic rings. The molecule has 2 heterocycles. The van der Waals surface area contributed by atoms with Crippen molar-refractivity contribution in [2.75, 3.05) is 4.90 Å². The third-order valence-electron chi connectivity index (χ3n) is 5.29. The van der Waals surface area contributed by atoms with Crippen LogP contribution in [0, 0.1) is 0 Å². The Morgan fingerprint density at radius 2 is 1.43 bits per heavy atom. The van der Waals surface area contributed by atoms with E-state index in [2.05, 4.69) is 0 Å². The Bertz CT molecular complexity index is 1100. The number of hydrogen-bond acceptors (Lipinski definition) is 3. The number of fused-ring (bicyclic) bond motifs is 2. The zero-order chi connectivity index (χ0) is 19.1. The van der Waals surface area contributed by atoms with Gasteiger partial charge in [-0.25, -0.2) is 4.79 Å². The molecule has 3 aromatic carbocycles. The van der Waals surface area contributed by atoms with Crippen LogP contribution in [-0.4, -0.2) is 11.9 Å². The molecule has 4 nitrogen and oxygen atoms in total. The van der Waals surface area contributed by atoms with Crippen molar-refractivity contribution in [3.63, 3.8) is 0 Å². The molecule has 4 heteroatoms.